The maximum absolute atomic E-state index is 12.7. The number of hydrogen-bond acceptors (Lipinski definition) is 4. The normalized spacial score (nSPS) is 37.1. The van der Waals surface area contributed by atoms with E-state index in [4.69, 9.17) is 9.57 Å². The van der Waals surface area contributed by atoms with Gasteiger partial charge in [0.05, 0.1) is 5.71 Å². The Labute approximate surface area is 192 Å². The quantitative estimate of drug-likeness (QED) is 0.414. The van der Waals surface area contributed by atoms with Gasteiger partial charge in [0.25, 0.3) is 0 Å². The molecule has 172 valence electrons. The Kier molecular flexibility index (Phi) is 6.14. The minimum Gasteiger partial charge on any atom is -0.462 e. The minimum atomic E-state index is -0.0195. The molecule has 0 radical (unpaired) electrons. The van der Waals surface area contributed by atoms with Crippen molar-refractivity contribution in [2.24, 2.45) is 34.2 Å². The average molecular weight is 436 g/mol. The van der Waals surface area contributed by atoms with E-state index < -0.39 is 0 Å². The second kappa shape index (κ2) is 9.03. The first-order chi connectivity index (χ1) is 15.6. The zero-order chi connectivity index (χ0) is 22.1. The highest BCUT2D eigenvalue weighted by Crippen LogP contribution is 2.62. The van der Waals surface area contributed by atoms with Crippen LogP contribution in [0.4, 0.5) is 0 Å². The molecule has 4 aliphatic rings. The molecule has 6 atom stereocenters. The van der Waals surface area contributed by atoms with Gasteiger partial charge in [0.15, 0.2) is 0 Å². The van der Waals surface area contributed by atoms with Gasteiger partial charge >= 0.3 is 5.97 Å². The van der Waals surface area contributed by atoms with Gasteiger partial charge in [-0.1, -0.05) is 48.0 Å². The number of esters is 1. The number of fused-ring (bicyclic) bond motifs is 5. The Morgan fingerprint density at radius 2 is 1.91 bits per heavy atom. The molecule has 4 aliphatic carbocycles. The Morgan fingerprint density at radius 3 is 2.72 bits per heavy atom. The van der Waals surface area contributed by atoms with Crippen LogP contribution in [0.15, 0.2) is 47.1 Å². The molecule has 5 rings (SSSR count). The lowest BCUT2D eigenvalue weighted by atomic mass is 9.52. The summed E-state index contributed by atoms with van der Waals surface area (Å²) in [7, 11) is 1.64. The van der Waals surface area contributed by atoms with Gasteiger partial charge in [0.1, 0.15) is 13.2 Å². The van der Waals surface area contributed by atoms with Crippen molar-refractivity contribution in [2.45, 2.75) is 77.2 Å². The summed E-state index contributed by atoms with van der Waals surface area (Å²) in [5, 5.41) is 4.21. The zero-order valence-electron chi connectivity index (χ0n) is 19.6. The van der Waals surface area contributed by atoms with Crippen molar-refractivity contribution in [1.29, 1.82) is 0 Å². The summed E-state index contributed by atoms with van der Waals surface area (Å²) in [6, 6.07) is 10.3. The molecule has 4 nitrogen and oxygen atoms in total. The third kappa shape index (κ3) is 4.02. The molecule has 0 bridgehead atoms. The number of benzene rings is 1. The van der Waals surface area contributed by atoms with Crippen molar-refractivity contribution in [3.63, 3.8) is 0 Å². The Bertz CT molecular complexity index is 891. The van der Waals surface area contributed by atoms with Crippen LogP contribution in [0.1, 0.15) is 70.3 Å². The number of oxime groups is 1. The molecule has 0 aliphatic heterocycles. The number of rotatable bonds is 5. The molecule has 0 saturated heterocycles. The van der Waals surface area contributed by atoms with Gasteiger partial charge in [0, 0.05) is 11.8 Å². The van der Waals surface area contributed by atoms with Crippen LogP contribution in [0.2, 0.25) is 0 Å². The average Bonchev–Trinajstić information content (AvgIpc) is 3.14. The van der Waals surface area contributed by atoms with Crippen LogP contribution < -0.4 is 0 Å². The zero-order valence-corrected chi connectivity index (χ0v) is 19.6. The number of nitrogens with zero attached hydrogens (tertiary/aromatic N) is 1. The Balaban J connectivity index is 1.23. The van der Waals surface area contributed by atoms with Gasteiger partial charge in [-0.05, 0) is 93.1 Å². The fourth-order valence-electron chi connectivity index (χ4n) is 7.64. The van der Waals surface area contributed by atoms with Crippen LogP contribution in [0.3, 0.4) is 0 Å². The fraction of sp³-hybridized carbons (Fsp3) is 0.643. The lowest BCUT2D eigenvalue weighted by Gasteiger charge is -2.53. The van der Waals surface area contributed by atoms with E-state index in [0.29, 0.717) is 12.3 Å². The van der Waals surface area contributed by atoms with Gasteiger partial charge in [0.2, 0.25) is 0 Å². The van der Waals surface area contributed by atoms with E-state index in [-0.39, 0.29) is 17.5 Å². The van der Waals surface area contributed by atoms with E-state index in [9.17, 15) is 4.79 Å². The van der Waals surface area contributed by atoms with E-state index >= 15 is 0 Å². The highest BCUT2D eigenvalue weighted by Gasteiger charge is 2.57. The van der Waals surface area contributed by atoms with Gasteiger partial charge in [-0.15, -0.1) is 0 Å². The Hall–Kier alpha value is -2.10. The van der Waals surface area contributed by atoms with E-state index in [2.05, 4.69) is 30.3 Å². The molecule has 3 fully saturated rings. The van der Waals surface area contributed by atoms with E-state index in [0.717, 1.165) is 42.7 Å². The summed E-state index contributed by atoms with van der Waals surface area (Å²) in [4.78, 5) is 17.7. The molecule has 4 heteroatoms. The van der Waals surface area contributed by atoms with E-state index in [1.807, 2.05) is 18.2 Å². The topological polar surface area (TPSA) is 47.9 Å². The standard InChI is InChI=1S/C28H37NO3/c1-28-17-16-23-22-12-10-21(29-31-2)18-20(22)9-11-24(23)25(28)13-14-26(28)32-27(30)15-8-19-6-4-3-5-7-19/h3-7,18,22-26H,8-17H2,1-2H3/b29-21+/t22-,23+,24+,25-,26-,28-/m0/s1. The van der Waals surface area contributed by atoms with Crippen LogP contribution in [0, 0.1) is 29.1 Å². The minimum absolute atomic E-state index is 0.0195. The maximum Gasteiger partial charge on any atom is 0.306 e. The van der Waals surface area contributed by atoms with Crippen molar-refractivity contribution in [2.75, 3.05) is 7.11 Å². The predicted molar refractivity (Wildman–Crippen MR) is 126 cm³/mol. The largest absolute Gasteiger partial charge is 0.462 e. The number of carbonyl (C=O) groups is 1. The Morgan fingerprint density at radius 1 is 1.06 bits per heavy atom. The second-order valence-electron chi connectivity index (χ2n) is 10.7. The third-order valence-corrected chi connectivity index (χ3v) is 9.17. The van der Waals surface area contributed by atoms with Crippen molar-refractivity contribution < 1.29 is 14.4 Å². The summed E-state index contributed by atoms with van der Waals surface area (Å²) >= 11 is 0. The smallest absolute Gasteiger partial charge is 0.306 e. The van der Waals surface area contributed by atoms with Crippen LogP contribution in [-0.4, -0.2) is 24.9 Å². The highest BCUT2D eigenvalue weighted by atomic mass is 16.6. The van der Waals surface area contributed by atoms with Crippen molar-refractivity contribution in [1.82, 2.24) is 0 Å². The molecule has 3 saturated carbocycles. The molecule has 0 N–H and O–H groups in total. The van der Waals surface area contributed by atoms with Gasteiger partial charge in [-0.3, -0.25) is 4.79 Å². The molecule has 1 aromatic carbocycles. The first-order valence-electron chi connectivity index (χ1n) is 12.6. The monoisotopic (exact) mass is 435 g/mol. The molecule has 1 aromatic rings. The lowest BCUT2D eigenvalue weighted by molar-refractivity contribution is -0.158. The van der Waals surface area contributed by atoms with Crippen molar-refractivity contribution in [3.8, 4) is 0 Å². The summed E-state index contributed by atoms with van der Waals surface area (Å²) in [5.74, 6) is 2.98. The van der Waals surface area contributed by atoms with Gasteiger partial charge in [-0.2, -0.15) is 0 Å². The van der Waals surface area contributed by atoms with Gasteiger partial charge in [-0.25, -0.2) is 0 Å². The van der Waals surface area contributed by atoms with Crippen molar-refractivity contribution >= 4 is 11.7 Å². The number of carbonyl (C=O) groups excluding carboxylic acids is 1. The first-order valence-corrected chi connectivity index (χ1v) is 12.6. The molecule has 0 amide bonds. The van der Waals surface area contributed by atoms with Crippen LogP contribution in [0.25, 0.3) is 0 Å². The summed E-state index contributed by atoms with van der Waals surface area (Å²) in [5.41, 5.74) is 4.08. The number of hydrogen-bond donors (Lipinski definition) is 0. The number of ether oxygens (including phenoxy) is 1. The predicted octanol–water partition coefficient (Wildman–Crippen LogP) is 6.11. The van der Waals surface area contributed by atoms with Crippen LogP contribution in [-0.2, 0) is 20.8 Å². The second-order valence-corrected chi connectivity index (χ2v) is 10.7. The lowest BCUT2D eigenvalue weighted by Crippen LogP contribution is -2.48. The van der Waals surface area contributed by atoms with Crippen LogP contribution >= 0.6 is 0 Å². The molecule has 0 unspecified atom stereocenters. The third-order valence-electron chi connectivity index (χ3n) is 9.17. The fourth-order valence-corrected chi connectivity index (χ4v) is 7.64. The highest BCUT2D eigenvalue weighted by molar-refractivity contribution is 5.96. The molecular formula is C28H37NO3. The first kappa shape index (κ1) is 21.7. The maximum atomic E-state index is 12.7. The SMILES string of the molecule is CO/N=C1/C=C2CC[C@@H]3[C@H](CC[C@]4(C)[C@@H](OC(=O)CCc5ccccc5)CC[C@@H]34)[C@H]2CC1. The van der Waals surface area contributed by atoms with Crippen LogP contribution in [0.5, 0.6) is 0 Å². The van der Waals surface area contributed by atoms with Gasteiger partial charge < -0.3 is 9.57 Å². The van der Waals surface area contributed by atoms with Crippen molar-refractivity contribution in [3.05, 3.63) is 47.5 Å². The molecule has 0 aromatic heterocycles. The summed E-state index contributed by atoms with van der Waals surface area (Å²) < 4.78 is 6.15. The summed E-state index contributed by atoms with van der Waals surface area (Å²) in [6.07, 6.45) is 13.1. The van der Waals surface area contributed by atoms with E-state index in [1.165, 1.54) is 44.1 Å². The molecule has 0 heterocycles. The molecular weight excluding hydrogens is 398 g/mol. The summed E-state index contributed by atoms with van der Waals surface area (Å²) in [6.45, 7) is 2.42. The van der Waals surface area contributed by atoms with E-state index in [1.54, 1.807) is 12.7 Å². The number of aryl methyl sites for hydroxylation is 1. The molecule has 32 heavy (non-hydrogen) atoms. The molecule has 0 spiro atoms. The number of allylic oxidation sites excluding steroid dienone is 2.